The summed E-state index contributed by atoms with van der Waals surface area (Å²) in [5, 5.41) is 1.64. The predicted molar refractivity (Wildman–Crippen MR) is 154 cm³/mol. The molecule has 0 bridgehead atoms. The average molecular weight is 555 g/mol. The first kappa shape index (κ1) is 35.3. The Kier molecular flexibility index (Phi) is 20.1. The fourth-order valence-electron chi connectivity index (χ4n) is 5.39. The summed E-state index contributed by atoms with van der Waals surface area (Å²) in [7, 11) is -4.51. The van der Waals surface area contributed by atoms with Gasteiger partial charge in [-0.3, -0.25) is 0 Å². The Labute approximate surface area is 271 Å². The molecule has 0 heterocycles. The van der Waals surface area contributed by atoms with Crippen molar-refractivity contribution in [3.05, 3.63) is 41.5 Å². The molecule has 0 aliphatic carbocycles. The molecule has 2 aromatic carbocycles. The van der Waals surface area contributed by atoms with Gasteiger partial charge in [-0.2, -0.15) is 0 Å². The number of fused-ring (bicyclic) bond motifs is 1. The van der Waals surface area contributed by atoms with Crippen molar-refractivity contribution < 1.29 is 64.4 Å². The van der Waals surface area contributed by atoms with Crippen molar-refractivity contribution in [3.8, 4) is 0 Å². The van der Waals surface area contributed by atoms with Crippen molar-refractivity contribution in [2.24, 2.45) is 0 Å². The Hall–Kier alpha value is 0.246. The molecule has 0 N–H and O–H groups in total. The molecule has 2 rings (SSSR count). The van der Waals surface area contributed by atoms with Crippen LogP contribution >= 0.6 is 0 Å². The van der Waals surface area contributed by atoms with Gasteiger partial charge in [0.15, 0.2) is 0 Å². The molecule has 0 saturated heterocycles. The maximum atomic E-state index is 12.1. The van der Waals surface area contributed by atoms with E-state index in [1.165, 1.54) is 108 Å². The summed E-state index contributed by atoms with van der Waals surface area (Å²) in [6.07, 6.45) is 24.7. The third-order valence-electron chi connectivity index (χ3n) is 7.55. The SMILES string of the molecule is CCCCCCCCCCCc1ccc(CCCCCCCCCCC)c2c(S(=O)(=O)[O-])cccc12.[K+]. The summed E-state index contributed by atoms with van der Waals surface area (Å²) in [5.74, 6) is 0. The van der Waals surface area contributed by atoms with Gasteiger partial charge in [-0.25, -0.2) is 8.42 Å². The van der Waals surface area contributed by atoms with Crippen LogP contribution in [-0.2, 0) is 23.0 Å². The normalized spacial score (nSPS) is 11.6. The number of hydrogen-bond donors (Lipinski definition) is 0. The van der Waals surface area contributed by atoms with Gasteiger partial charge in [0, 0.05) is 5.39 Å². The van der Waals surface area contributed by atoms with E-state index in [0.29, 0.717) is 5.39 Å². The van der Waals surface area contributed by atoms with E-state index in [0.717, 1.165) is 43.1 Å². The van der Waals surface area contributed by atoms with Crippen LogP contribution in [0.5, 0.6) is 0 Å². The minimum atomic E-state index is -4.51. The van der Waals surface area contributed by atoms with Crippen LogP contribution in [0.25, 0.3) is 10.8 Å². The van der Waals surface area contributed by atoms with Crippen molar-refractivity contribution in [1.29, 1.82) is 0 Å². The average Bonchev–Trinajstić information content (AvgIpc) is 2.86. The number of rotatable bonds is 21. The number of hydrogen-bond acceptors (Lipinski definition) is 3. The van der Waals surface area contributed by atoms with E-state index in [1.807, 2.05) is 6.07 Å². The molecule has 0 aromatic heterocycles. The van der Waals surface area contributed by atoms with Crippen LogP contribution in [0.1, 0.15) is 141 Å². The van der Waals surface area contributed by atoms with Crippen LogP contribution in [0.3, 0.4) is 0 Å². The van der Waals surface area contributed by atoms with E-state index in [2.05, 4.69) is 26.0 Å². The molecule has 204 valence electrons. The molecule has 2 aromatic rings. The second-order valence-corrected chi connectivity index (χ2v) is 12.0. The van der Waals surface area contributed by atoms with E-state index in [4.69, 9.17) is 0 Å². The van der Waals surface area contributed by atoms with E-state index in [9.17, 15) is 13.0 Å². The first-order valence-corrected chi connectivity index (χ1v) is 16.4. The number of benzene rings is 2. The summed E-state index contributed by atoms with van der Waals surface area (Å²) >= 11 is 0. The molecule has 0 amide bonds. The minimum absolute atomic E-state index is 0. The summed E-state index contributed by atoms with van der Waals surface area (Å²) < 4.78 is 36.3. The third kappa shape index (κ3) is 13.9. The molecule has 0 fully saturated rings. The summed E-state index contributed by atoms with van der Waals surface area (Å²) in [5.41, 5.74) is 2.19. The van der Waals surface area contributed by atoms with Crippen molar-refractivity contribution in [1.82, 2.24) is 0 Å². The smallest absolute Gasteiger partial charge is 0.744 e. The van der Waals surface area contributed by atoms with Crippen LogP contribution in [0, 0.1) is 0 Å². The molecule has 0 atom stereocenters. The van der Waals surface area contributed by atoms with E-state index in [1.54, 1.807) is 6.07 Å². The molecule has 3 nitrogen and oxygen atoms in total. The number of unbranched alkanes of at least 4 members (excludes halogenated alkanes) is 16. The molecular weight excluding hydrogens is 504 g/mol. The Balaban J connectivity index is 0.00000684. The predicted octanol–water partition coefficient (Wildman–Crippen LogP) is 6.89. The fraction of sp³-hybridized carbons (Fsp3) is 0.688. The Morgan fingerprint density at radius 1 is 0.568 bits per heavy atom. The molecule has 0 unspecified atom stereocenters. The van der Waals surface area contributed by atoms with Crippen molar-refractivity contribution >= 4 is 20.9 Å². The standard InChI is InChI=1S/C32H52O3S.K/c1-3-5-7-9-11-13-15-17-19-22-28-26-27-29(23-20-18-16-14-12-10-8-6-4-2)32-30(28)24-21-25-31(32)36(33,34)35;/h21,24-27H,3-20,22-23H2,1-2H3,(H,33,34,35);/q;+1/p-1. The first-order chi connectivity index (χ1) is 17.5. The first-order valence-electron chi connectivity index (χ1n) is 15.0. The van der Waals surface area contributed by atoms with Gasteiger partial charge in [0.1, 0.15) is 10.1 Å². The zero-order valence-corrected chi connectivity index (χ0v) is 28.1. The Morgan fingerprint density at radius 3 is 1.43 bits per heavy atom. The van der Waals surface area contributed by atoms with E-state index in [-0.39, 0.29) is 56.3 Å². The van der Waals surface area contributed by atoms with Gasteiger partial charge in [-0.05, 0) is 48.3 Å². The second-order valence-electron chi connectivity index (χ2n) is 10.7. The van der Waals surface area contributed by atoms with Crippen molar-refractivity contribution in [2.75, 3.05) is 0 Å². The molecule has 0 aliphatic rings. The van der Waals surface area contributed by atoms with Crippen LogP contribution in [-0.4, -0.2) is 13.0 Å². The number of aryl methyl sites for hydroxylation is 2. The van der Waals surface area contributed by atoms with Gasteiger partial charge in [-0.15, -0.1) is 0 Å². The summed E-state index contributed by atoms with van der Waals surface area (Å²) in [4.78, 5) is -0.0418. The quantitative estimate of drug-likeness (QED) is 0.0958. The maximum Gasteiger partial charge on any atom is 1.00 e. The maximum absolute atomic E-state index is 12.1. The molecule has 0 saturated carbocycles. The minimum Gasteiger partial charge on any atom is -0.744 e. The third-order valence-corrected chi connectivity index (χ3v) is 8.43. The molecular formula is C32H51KO3S. The second kappa shape index (κ2) is 21.1. The van der Waals surface area contributed by atoms with Gasteiger partial charge in [0.05, 0.1) is 4.90 Å². The molecule has 37 heavy (non-hydrogen) atoms. The molecule has 0 radical (unpaired) electrons. The van der Waals surface area contributed by atoms with Gasteiger partial charge in [-0.1, -0.05) is 141 Å². The van der Waals surface area contributed by atoms with Gasteiger partial charge in [0.25, 0.3) is 0 Å². The van der Waals surface area contributed by atoms with Crippen molar-refractivity contribution in [3.63, 3.8) is 0 Å². The van der Waals surface area contributed by atoms with Crippen LogP contribution < -0.4 is 51.4 Å². The summed E-state index contributed by atoms with van der Waals surface area (Å²) in [6, 6.07) is 9.50. The Morgan fingerprint density at radius 2 is 0.973 bits per heavy atom. The molecule has 0 aliphatic heterocycles. The zero-order valence-electron chi connectivity index (χ0n) is 24.2. The van der Waals surface area contributed by atoms with Crippen LogP contribution in [0.2, 0.25) is 0 Å². The fourth-order valence-corrected chi connectivity index (χ4v) is 6.13. The molecule has 5 heteroatoms. The Bertz CT molecular complexity index is 971. The van der Waals surface area contributed by atoms with Crippen molar-refractivity contribution in [2.45, 2.75) is 147 Å². The zero-order chi connectivity index (χ0) is 26.1. The topological polar surface area (TPSA) is 57.2 Å². The largest absolute Gasteiger partial charge is 1.00 e. The van der Waals surface area contributed by atoms with Gasteiger partial charge >= 0.3 is 51.4 Å². The van der Waals surface area contributed by atoms with Gasteiger partial charge < -0.3 is 4.55 Å². The summed E-state index contributed by atoms with van der Waals surface area (Å²) in [6.45, 7) is 4.50. The van der Waals surface area contributed by atoms with Gasteiger partial charge in [0.2, 0.25) is 0 Å². The van der Waals surface area contributed by atoms with E-state index < -0.39 is 10.1 Å². The van der Waals surface area contributed by atoms with E-state index >= 15 is 0 Å². The van der Waals surface area contributed by atoms with Crippen LogP contribution in [0.15, 0.2) is 35.2 Å². The monoisotopic (exact) mass is 554 g/mol. The molecule has 0 spiro atoms. The van der Waals surface area contributed by atoms with Crippen LogP contribution in [0.4, 0.5) is 0 Å².